The Labute approximate surface area is 158 Å². The first kappa shape index (κ1) is 20.6. The number of hydrogen-bond donors (Lipinski definition) is 1. The van der Waals surface area contributed by atoms with Crippen LogP contribution in [0.5, 0.6) is 0 Å². The first-order valence-electron chi connectivity index (χ1n) is 8.68. The molecular weight excluding hydrogens is 348 g/mol. The molecule has 1 aromatic rings. The summed E-state index contributed by atoms with van der Waals surface area (Å²) in [6.45, 7) is 8.32. The Morgan fingerprint density at radius 1 is 1.15 bits per heavy atom. The van der Waals surface area contributed by atoms with Gasteiger partial charge in [0.05, 0.1) is 11.5 Å². The van der Waals surface area contributed by atoms with Gasteiger partial charge in [0.15, 0.2) is 5.78 Å². The molecule has 6 heteroatoms. The summed E-state index contributed by atoms with van der Waals surface area (Å²) < 4.78 is 10.3. The van der Waals surface area contributed by atoms with Gasteiger partial charge in [-0.05, 0) is 12.5 Å². The van der Waals surface area contributed by atoms with Crippen LogP contribution in [0.4, 0.5) is 0 Å². The van der Waals surface area contributed by atoms with Crippen LogP contribution in [0.15, 0.2) is 55.6 Å². The van der Waals surface area contributed by atoms with E-state index in [0.717, 1.165) is 0 Å². The van der Waals surface area contributed by atoms with Crippen molar-refractivity contribution in [1.82, 2.24) is 0 Å². The zero-order valence-corrected chi connectivity index (χ0v) is 15.3. The second kappa shape index (κ2) is 8.77. The van der Waals surface area contributed by atoms with Gasteiger partial charge in [0, 0.05) is 12.3 Å². The second-order valence-corrected chi connectivity index (χ2v) is 6.73. The topological polar surface area (TPSA) is 89.9 Å². The van der Waals surface area contributed by atoms with Gasteiger partial charge in [0.2, 0.25) is 0 Å². The molecule has 1 aliphatic rings. The summed E-state index contributed by atoms with van der Waals surface area (Å²) in [6, 6.07) is 8.67. The maximum Gasteiger partial charge on any atom is 0.317 e. The number of hydrogen-bond acceptors (Lipinski definition) is 6. The van der Waals surface area contributed by atoms with E-state index in [2.05, 4.69) is 13.2 Å². The van der Waals surface area contributed by atoms with Gasteiger partial charge in [-0.2, -0.15) is 0 Å². The van der Waals surface area contributed by atoms with E-state index < -0.39 is 41.1 Å². The van der Waals surface area contributed by atoms with E-state index in [9.17, 15) is 19.5 Å². The van der Waals surface area contributed by atoms with Crippen molar-refractivity contribution in [2.45, 2.75) is 24.9 Å². The van der Waals surface area contributed by atoms with Crippen molar-refractivity contribution in [3.63, 3.8) is 0 Å². The van der Waals surface area contributed by atoms with E-state index in [1.54, 1.807) is 30.3 Å². The SMILES string of the molecule is C=CCOC(=O)C1C(=O)CC(C)(O)C(C(=O)OCC=C)C1c1ccccc1. The second-order valence-electron chi connectivity index (χ2n) is 6.73. The van der Waals surface area contributed by atoms with Gasteiger partial charge < -0.3 is 14.6 Å². The highest BCUT2D eigenvalue weighted by Gasteiger charge is 2.57. The molecule has 4 unspecified atom stereocenters. The molecule has 1 fully saturated rings. The van der Waals surface area contributed by atoms with Crippen molar-refractivity contribution in [2.75, 3.05) is 13.2 Å². The van der Waals surface area contributed by atoms with Gasteiger partial charge in [0.25, 0.3) is 0 Å². The average molecular weight is 372 g/mol. The maximum absolute atomic E-state index is 12.7. The molecule has 1 aliphatic carbocycles. The Morgan fingerprint density at radius 3 is 2.26 bits per heavy atom. The third kappa shape index (κ3) is 4.52. The fourth-order valence-electron chi connectivity index (χ4n) is 3.55. The Balaban J connectivity index is 2.53. The zero-order chi connectivity index (χ0) is 20.0. The number of carbonyl (C=O) groups excluding carboxylic acids is 3. The van der Waals surface area contributed by atoms with E-state index in [-0.39, 0.29) is 19.6 Å². The molecule has 0 radical (unpaired) electrons. The van der Waals surface area contributed by atoms with E-state index in [4.69, 9.17) is 9.47 Å². The van der Waals surface area contributed by atoms with Gasteiger partial charge in [-0.3, -0.25) is 14.4 Å². The van der Waals surface area contributed by atoms with E-state index in [1.807, 2.05) is 0 Å². The molecule has 0 bridgehead atoms. The number of carbonyl (C=O) groups is 3. The first-order valence-corrected chi connectivity index (χ1v) is 8.68. The van der Waals surface area contributed by atoms with Crippen molar-refractivity contribution in [3.05, 3.63) is 61.2 Å². The Bertz CT molecular complexity index is 721. The Hall–Kier alpha value is -2.73. The van der Waals surface area contributed by atoms with Crippen molar-refractivity contribution in [1.29, 1.82) is 0 Å². The van der Waals surface area contributed by atoms with Crippen LogP contribution in [0.2, 0.25) is 0 Å². The van der Waals surface area contributed by atoms with Crippen LogP contribution in [-0.2, 0) is 23.9 Å². The van der Waals surface area contributed by atoms with E-state index >= 15 is 0 Å². The number of Topliss-reactive ketones (excluding diaryl/α,β-unsaturated/α-hetero) is 1. The number of benzene rings is 1. The fourth-order valence-corrected chi connectivity index (χ4v) is 3.55. The molecule has 4 atom stereocenters. The van der Waals surface area contributed by atoms with Crippen molar-refractivity contribution in [3.8, 4) is 0 Å². The molecule has 2 rings (SSSR count). The molecule has 1 aromatic carbocycles. The number of aliphatic hydroxyl groups is 1. The third-order valence-corrected chi connectivity index (χ3v) is 4.65. The summed E-state index contributed by atoms with van der Waals surface area (Å²) in [5.41, 5.74) is -1.09. The lowest BCUT2D eigenvalue weighted by atomic mass is 9.62. The molecule has 0 heterocycles. The van der Waals surface area contributed by atoms with Gasteiger partial charge in [-0.15, -0.1) is 0 Å². The van der Waals surface area contributed by atoms with Crippen LogP contribution in [-0.4, -0.2) is 41.6 Å². The molecule has 0 aromatic heterocycles. The molecule has 0 aliphatic heterocycles. The summed E-state index contributed by atoms with van der Waals surface area (Å²) in [5, 5.41) is 10.9. The Kier molecular flexibility index (Phi) is 6.69. The van der Waals surface area contributed by atoms with Crippen molar-refractivity contribution in [2.24, 2.45) is 11.8 Å². The zero-order valence-electron chi connectivity index (χ0n) is 15.3. The minimum absolute atomic E-state index is 0.0353. The molecule has 1 N–H and O–H groups in total. The van der Waals surface area contributed by atoms with Crippen molar-refractivity contribution < 1.29 is 29.0 Å². The lowest BCUT2D eigenvalue weighted by Crippen LogP contribution is -2.55. The Morgan fingerprint density at radius 2 is 1.70 bits per heavy atom. The predicted octanol–water partition coefficient (Wildman–Crippen LogP) is 2.18. The first-order chi connectivity index (χ1) is 12.8. The number of esters is 2. The highest BCUT2D eigenvalue weighted by atomic mass is 16.5. The minimum Gasteiger partial charge on any atom is -0.461 e. The summed E-state index contributed by atoms with van der Waals surface area (Å²) >= 11 is 0. The minimum atomic E-state index is -1.66. The highest BCUT2D eigenvalue weighted by molar-refractivity contribution is 6.02. The smallest absolute Gasteiger partial charge is 0.317 e. The number of rotatable bonds is 7. The van der Waals surface area contributed by atoms with Gasteiger partial charge >= 0.3 is 11.9 Å². The van der Waals surface area contributed by atoms with Gasteiger partial charge in [-0.1, -0.05) is 55.6 Å². The highest BCUT2D eigenvalue weighted by Crippen LogP contribution is 2.46. The van der Waals surface area contributed by atoms with Crippen molar-refractivity contribution >= 4 is 17.7 Å². The standard InChI is InChI=1S/C21H24O6/c1-4-11-26-19(23)17-15(22)13-21(3,25)18(20(24)27-12-5-2)16(17)14-9-7-6-8-10-14/h4-10,16-18,25H,1-2,11-13H2,3H3. The lowest BCUT2D eigenvalue weighted by Gasteiger charge is -2.43. The summed E-state index contributed by atoms with van der Waals surface area (Å²) in [5.74, 6) is -5.14. The average Bonchev–Trinajstić information content (AvgIpc) is 2.63. The molecule has 144 valence electrons. The van der Waals surface area contributed by atoms with Crippen LogP contribution >= 0.6 is 0 Å². The molecule has 27 heavy (non-hydrogen) atoms. The maximum atomic E-state index is 12.7. The molecule has 6 nitrogen and oxygen atoms in total. The largest absolute Gasteiger partial charge is 0.461 e. The quantitative estimate of drug-likeness (QED) is 0.448. The molecule has 0 amide bonds. The monoisotopic (exact) mass is 372 g/mol. The third-order valence-electron chi connectivity index (χ3n) is 4.65. The summed E-state index contributed by atoms with van der Waals surface area (Å²) in [4.78, 5) is 38.1. The van der Waals surface area contributed by atoms with Gasteiger partial charge in [-0.25, -0.2) is 0 Å². The van der Waals surface area contributed by atoms with Crippen LogP contribution in [0, 0.1) is 11.8 Å². The van der Waals surface area contributed by atoms with Gasteiger partial charge in [0.1, 0.15) is 19.1 Å². The number of ether oxygens (including phenoxy) is 2. The lowest BCUT2D eigenvalue weighted by molar-refractivity contribution is -0.171. The molecular formula is C21H24O6. The molecule has 0 saturated heterocycles. The molecule has 1 saturated carbocycles. The summed E-state index contributed by atoms with van der Waals surface area (Å²) in [6.07, 6.45) is 2.46. The molecule has 0 spiro atoms. The normalized spacial score (nSPS) is 27.5. The predicted molar refractivity (Wildman–Crippen MR) is 98.7 cm³/mol. The van der Waals surface area contributed by atoms with E-state index in [1.165, 1.54) is 19.1 Å². The van der Waals surface area contributed by atoms with Crippen LogP contribution in [0.1, 0.15) is 24.8 Å². The van der Waals surface area contributed by atoms with Crippen LogP contribution in [0.3, 0.4) is 0 Å². The van der Waals surface area contributed by atoms with Crippen LogP contribution < -0.4 is 0 Å². The fraction of sp³-hybridized carbons (Fsp3) is 0.381. The van der Waals surface area contributed by atoms with E-state index in [0.29, 0.717) is 5.56 Å². The van der Waals surface area contributed by atoms with Crippen LogP contribution in [0.25, 0.3) is 0 Å². The summed E-state index contributed by atoms with van der Waals surface area (Å²) in [7, 11) is 0. The number of ketones is 1.